The maximum Gasteiger partial charge on any atom is 0.225 e. The Balaban J connectivity index is 1.51. The molecule has 6 nitrogen and oxygen atoms in total. The molecule has 6 heteroatoms. The van der Waals surface area contributed by atoms with E-state index in [2.05, 4.69) is 5.32 Å². The van der Waals surface area contributed by atoms with Crippen LogP contribution < -0.4 is 14.8 Å². The van der Waals surface area contributed by atoms with Gasteiger partial charge in [0.25, 0.3) is 0 Å². The lowest BCUT2D eigenvalue weighted by Gasteiger charge is -2.20. The Kier molecular flexibility index (Phi) is 7.18. The largest absolute Gasteiger partial charge is 0.493 e. The van der Waals surface area contributed by atoms with Gasteiger partial charge in [-0.05, 0) is 37.0 Å². The van der Waals surface area contributed by atoms with Crippen LogP contribution in [0, 0.1) is 5.92 Å². The molecule has 2 fully saturated rings. The number of carbonyl (C=O) groups is 2. The molecule has 1 atom stereocenters. The second kappa shape index (κ2) is 9.80. The molecule has 2 amide bonds. The zero-order valence-electron chi connectivity index (χ0n) is 17.0. The Morgan fingerprint density at radius 3 is 2.50 bits per heavy atom. The van der Waals surface area contributed by atoms with Gasteiger partial charge in [-0.2, -0.15) is 0 Å². The van der Waals surface area contributed by atoms with Crippen LogP contribution in [0.5, 0.6) is 11.5 Å². The summed E-state index contributed by atoms with van der Waals surface area (Å²) in [5, 5.41) is 3.20. The number of benzene rings is 1. The highest BCUT2D eigenvalue weighted by Gasteiger charge is 2.34. The van der Waals surface area contributed by atoms with Crippen molar-refractivity contribution in [3.63, 3.8) is 0 Å². The lowest BCUT2D eigenvalue weighted by Crippen LogP contribution is -2.39. The third-order valence-corrected chi connectivity index (χ3v) is 5.91. The maximum absolute atomic E-state index is 12.6. The summed E-state index contributed by atoms with van der Waals surface area (Å²) in [6.07, 6.45) is 8.08. The van der Waals surface area contributed by atoms with Gasteiger partial charge in [0.1, 0.15) is 0 Å². The average molecular weight is 389 g/mol. The van der Waals surface area contributed by atoms with Gasteiger partial charge in [-0.25, -0.2) is 0 Å². The van der Waals surface area contributed by atoms with Crippen molar-refractivity contribution in [3.8, 4) is 11.5 Å². The van der Waals surface area contributed by atoms with Crippen LogP contribution in [0.25, 0.3) is 0 Å². The van der Waals surface area contributed by atoms with Crippen LogP contribution in [0.15, 0.2) is 18.2 Å². The van der Waals surface area contributed by atoms with Crippen molar-refractivity contribution in [3.05, 3.63) is 23.8 Å². The van der Waals surface area contributed by atoms with Gasteiger partial charge in [-0.15, -0.1) is 0 Å². The summed E-state index contributed by atoms with van der Waals surface area (Å²) in [7, 11) is 3.23. The van der Waals surface area contributed by atoms with Crippen molar-refractivity contribution in [2.24, 2.45) is 5.92 Å². The summed E-state index contributed by atoms with van der Waals surface area (Å²) in [4.78, 5) is 26.8. The molecule has 28 heavy (non-hydrogen) atoms. The van der Waals surface area contributed by atoms with E-state index in [0.29, 0.717) is 31.0 Å². The first kappa shape index (κ1) is 20.5. The van der Waals surface area contributed by atoms with E-state index in [0.717, 1.165) is 24.8 Å². The van der Waals surface area contributed by atoms with Crippen LogP contribution in [0.2, 0.25) is 0 Å². The van der Waals surface area contributed by atoms with Gasteiger partial charge in [0, 0.05) is 25.6 Å². The number of rotatable bonds is 7. The van der Waals surface area contributed by atoms with Gasteiger partial charge < -0.3 is 19.7 Å². The van der Waals surface area contributed by atoms with E-state index in [1.807, 2.05) is 23.1 Å². The molecule has 154 valence electrons. The smallest absolute Gasteiger partial charge is 0.225 e. The van der Waals surface area contributed by atoms with Crippen molar-refractivity contribution in [1.82, 2.24) is 10.2 Å². The average Bonchev–Trinajstić information content (AvgIpc) is 2.90. The molecule has 1 aliphatic heterocycles. The molecule has 1 aliphatic carbocycles. The summed E-state index contributed by atoms with van der Waals surface area (Å²) in [5.41, 5.74) is 1.08. The van der Waals surface area contributed by atoms with E-state index >= 15 is 0 Å². The van der Waals surface area contributed by atoms with Gasteiger partial charge in [0.05, 0.1) is 20.1 Å². The molecule has 3 rings (SSSR count). The molecule has 1 saturated heterocycles. The van der Waals surface area contributed by atoms with Crippen LogP contribution in [-0.2, 0) is 16.0 Å². The van der Waals surface area contributed by atoms with E-state index in [1.165, 1.54) is 25.7 Å². The first-order valence-corrected chi connectivity index (χ1v) is 10.4. The molecule has 1 aromatic carbocycles. The zero-order valence-corrected chi connectivity index (χ0v) is 17.0. The lowest BCUT2D eigenvalue weighted by molar-refractivity contribution is -0.129. The monoisotopic (exact) mass is 388 g/mol. The van der Waals surface area contributed by atoms with Crippen LogP contribution in [-0.4, -0.2) is 50.1 Å². The highest BCUT2D eigenvalue weighted by molar-refractivity contribution is 5.89. The molecule has 0 bridgehead atoms. The number of hydrogen-bond acceptors (Lipinski definition) is 4. The molecule has 1 heterocycles. The normalized spacial score (nSPS) is 20.7. The molecule has 1 saturated carbocycles. The van der Waals surface area contributed by atoms with E-state index in [-0.39, 0.29) is 23.8 Å². The van der Waals surface area contributed by atoms with E-state index in [1.54, 1.807) is 14.2 Å². The van der Waals surface area contributed by atoms with E-state index < -0.39 is 0 Å². The number of hydrogen-bond donors (Lipinski definition) is 1. The molecule has 1 aromatic rings. The second-order valence-corrected chi connectivity index (χ2v) is 7.88. The molecular weight excluding hydrogens is 356 g/mol. The third kappa shape index (κ3) is 5.18. The standard InChI is InChI=1S/C22H32N2O4/c1-27-19-10-9-16(13-20(19)28-2)11-12-24-15-17(14-21(24)25)22(26)23-18-7-5-3-4-6-8-18/h9-10,13,17-18H,3-8,11-12,14-15H2,1-2H3,(H,23,26). The minimum absolute atomic E-state index is 0.0499. The quantitative estimate of drug-likeness (QED) is 0.730. The van der Waals surface area contributed by atoms with Crippen LogP contribution >= 0.6 is 0 Å². The Morgan fingerprint density at radius 2 is 1.82 bits per heavy atom. The summed E-state index contributed by atoms with van der Waals surface area (Å²) < 4.78 is 10.6. The summed E-state index contributed by atoms with van der Waals surface area (Å²) >= 11 is 0. The topological polar surface area (TPSA) is 67.9 Å². The number of amides is 2. The van der Waals surface area contributed by atoms with Crippen molar-refractivity contribution in [2.75, 3.05) is 27.3 Å². The van der Waals surface area contributed by atoms with E-state index in [9.17, 15) is 9.59 Å². The Hall–Kier alpha value is -2.24. The predicted molar refractivity (Wildman–Crippen MR) is 108 cm³/mol. The molecule has 2 aliphatic rings. The maximum atomic E-state index is 12.6. The van der Waals surface area contributed by atoms with E-state index in [4.69, 9.17) is 9.47 Å². The number of likely N-dealkylation sites (tertiary alicyclic amines) is 1. The van der Waals surface area contributed by atoms with Gasteiger partial charge in [0.15, 0.2) is 11.5 Å². The first-order chi connectivity index (χ1) is 13.6. The highest BCUT2D eigenvalue weighted by Crippen LogP contribution is 2.28. The fraction of sp³-hybridized carbons (Fsp3) is 0.636. The third-order valence-electron chi connectivity index (χ3n) is 5.91. The van der Waals surface area contributed by atoms with Gasteiger partial charge in [0.2, 0.25) is 11.8 Å². The predicted octanol–water partition coefficient (Wildman–Crippen LogP) is 2.93. The molecule has 0 radical (unpaired) electrons. The van der Waals surface area contributed by atoms with Crippen LogP contribution in [0.3, 0.4) is 0 Å². The SMILES string of the molecule is COc1ccc(CCN2CC(C(=O)NC3CCCCCC3)CC2=O)cc1OC. The van der Waals surface area contributed by atoms with Gasteiger partial charge in [-0.3, -0.25) is 9.59 Å². The van der Waals surface area contributed by atoms with Crippen molar-refractivity contribution < 1.29 is 19.1 Å². The summed E-state index contributed by atoms with van der Waals surface area (Å²) in [5.74, 6) is 1.28. The highest BCUT2D eigenvalue weighted by atomic mass is 16.5. The minimum atomic E-state index is -0.221. The fourth-order valence-electron chi connectivity index (χ4n) is 4.21. The van der Waals surface area contributed by atoms with Crippen molar-refractivity contribution in [1.29, 1.82) is 0 Å². The molecular formula is C22H32N2O4. The summed E-state index contributed by atoms with van der Waals surface area (Å²) in [6, 6.07) is 6.09. The minimum Gasteiger partial charge on any atom is -0.493 e. The molecule has 1 N–H and O–H groups in total. The molecule has 1 unspecified atom stereocenters. The molecule has 0 spiro atoms. The molecule has 0 aromatic heterocycles. The number of methoxy groups -OCH3 is 2. The zero-order chi connectivity index (χ0) is 19.9. The van der Waals surface area contributed by atoms with Crippen molar-refractivity contribution in [2.45, 2.75) is 57.4 Å². The van der Waals surface area contributed by atoms with Gasteiger partial charge >= 0.3 is 0 Å². The Morgan fingerprint density at radius 1 is 1.11 bits per heavy atom. The Bertz CT molecular complexity index is 683. The first-order valence-electron chi connectivity index (χ1n) is 10.4. The fourth-order valence-corrected chi connectivity index (χ4v) is 4.21. The van der Waals surface area contributed by atoms with Crippen LogP contribution in [0.1, 0.15) is 50.5 Å². The number of ether oxygens (including phenoxy) is 2. The number of nitrogens with one attached hydrogen (secondary N) is 1. The summed E-state index contributed by atoms with van der Waals surface area (Å²) in [6.45, 7) is 1.13. The van der Waals surface area contributed by atoms with Crippen molar-refractivity contribution >= 4 is 11.8 Å². The Labute approximate surface area is 167 Å². The number of nitrogens with zero attached hydrogens (tertiary/aromatic N) is 1. The van der Waals surface area contributed by atoms with Crippen LogP contribution in [0.4, 0.5) is 0 Å². The second-order valence-electron chi connectivity index (χ2n) is 7.88. The lowest BCUT2D eigenvalue weighted by atomic mass is 10.0. The number of carbonyl (C=O) groups excluding carboxylic acids is 2. The van der Waals surface area contributed by atoms with Gasteiger partial charge in [-0.1, -0.05) is 31.7 Å².